The molecule has 2 rings (SSSR count). The van der Waals surface area contributed by atoms with E-state index in [-0.39, 0.29) is 12.3 Å². The third-order valence-corrected chi connectivity index (χ3v) is 3.42. The predicted molar refractivity (Wildman–Crippen MR) is 84.5 cm³/mol. The molecule has 5 heteroatoms. The Bertz CT molecular complexity index is 631. The number of halogens is 2. The van der Waals surface area contributed by atoms with E-state index < -0.39 is 0 Å². The Morgan fingerprint density at radius 1 is 1.30 bits per heavy atom. The third kappa shape index (κ3) is 3.99. The van der Waals surface area contributed by atoms with Crippen LogP contribution in [0, 0.1) is 0 Å². The van der Waals surface area contributed by atoms with Gasteiger partial charge in [-0.05, 0) is 35.9 Å². The van der Waals surface area contributed by atoms with E-state index in [4.69, 9.17) is 16.3 Å². The topological polar surface area (TPSA) is 38.3 Å². The van der Waals surface area contributed by atoms with Crippen LogP contribution in [0.3, 0.4) is 0 Å². The van der Waals surface area contributed by atoms with Crippen molar-refractivity contribution >= 4 is 39.1 Å². The Morgan fingerprint density at radius 2 is 2.10 bits per heavy atom. The van der Waals surface area contributed by atoms with E-state index in [0.717, 1.165) is 10.0 Å². The number of ether oxygens (including phenoxy) is 1. The molecule has 0 aromatic heterocycles. The van der Waals surface area contributed by atoms with Crippen LogP contribution in [0.15, 0.2) is 46.9 Å². The summed E-state index contributed by atoms with van der Waals surface area (Å²) in [7, 11) is 1.57. The molecule has 0 aliphatic carbocycles. The molecule has 0 fully saturated rings. The summed E-state index contributed by atoms with van der Waals surface area (Å²) in [4.78, 5) is 12.0. The standard InChI is InChI=1S/C15H13BrClNO2/c1-20-14-6-5-11(16)9-13(14)18-15(19)8-10-3-2-4-12(17)7-10/h2-7,9H,8H2,1H3,(H,18,19). The summed E-state index contributed by atoms with van der Waals surface area (Å²) >= 11 is 9.27. The van der Waals surface area contributed by atoms with Gasteiger partial charge in [0.05, 0.1) is 19.2 Å². The number of amides is 1. The van der Waals surface area contributed by atoms with E-state index in [1.54, 1.807) is 31.4 Å². The number of carbonyl (C=O) groups is 1. The number of hydrogen-bond acceptors (Lipinski definition) is 2. The van der Waals surface area contributed by atoms with Gasteiger partial charge in [0.1, 0.15) is 5.75 Å². The summed E-state index contributed by atoms with van der Waals surface area (Å²) in [5.41, 5.74) is 1.50. The van der Waals surface area contributed by atoms with Gasteiger partial charge in [0.2, 0.25) is 5.91 Å². The summed E-state index contributed by atoms with van der Waals surface area (Å²) in [5, 5.41) is 3.45. The number of benzene rings is 2. The molecule has 0 aliphatic heterocycles. The lowest BCUT2D eigenvalue weighted by atomic mass is 10.1. The van der Waals surface area contributed by atoms with Crippen LogP contribution in [0.2, 0.25) is 5.02 Å². The predicted octanol–water partition coefficient (Wildman–Crippen LogP) is 4.29. The van der Waals surface area contributed by atoms with Gasteiger partial charge in [0, 0.05) is 9.50 Å². The maximum absolute atomic E-state index is 12.0. The Labute approximate surface area is 131 Å². The molecule has 0 aliphatic rings. The first-order chi connectivity index (χ1) is 9.58. The maximum Gasteiger partial charge on any atom is 0.228 e. The monoisotopic (exact) mass is 353 g/mol. The van der Waals surface area contributed by atoms with Crippen molar-refractivity contribution in [3.63, 3.8) is 0 Å². The molecule has 1 amide bonds. The summed E-state index contributed by atoms with van der Waals surface area (Å²) < 4.78 is 6.09. The van der Waals surface area contributed by atoms with Crippen molar-refractivity contribution in [2.24, 2.45) is 0 Å². The summed E-state index contributed by atoms with van der Waals surface area (Å²) in [5.74, 6) is 0.497. The van der Waals surface area contributed by atoms with Gasteiger partial charge in [0.15, 0.2) is 0 Å². The number of nitrogens with one attached hydrogen (secondary N) is 1. The highest BCUT2D eigenvalue weighted by atomic mass is 79.9. The van der Waals surface area contributed by atoms with Crippen LogP contribution in [0.25, 0.3) is 0 Å². The van der Waals surface area contributed by atoms with Crippen LogP contribution < -0.4 is 10.1 Å². The summed E-state index contributed by atoms with van der Waals surface area (Å²) in [6, 6.07) is 12.7. The number of rotatable bonds is 4. The molecule has 0 atom stereocenters. The van der Waals surface area contributed by atoms with Crippen molar-refractivity contribution in [1.29, 1.82) is 0 Å². The van der Waals surface area contributed by atoms with E-state index >= 15 is 0 Å². The van der Waals surface area contributed by atoms with Gasteiger partial charge < -0.3 is 10.1 Å². The molecule has 0 heterocycles. The fourth-order valence-electron chi connectivity index (χ4n) is 1.80. The Hall–Kier alpha value is -1.52. The van der Waals surface area contributed by atoms with Crippen molar-refractivity contribution in [2.75, 3.05) is 12.4 Å². The molecule has 0 saturated carbocycles. The molecule has 2 aromatic rings. The first-order valence-corrected chi connectivity index (χ1v) is 7.13. The van der Waals surface area contributed by atoms with Gasteiger partial charge in [-0.25, -0.2) is 0 Å². The highest BCUT2D eigenvalue weighted by Crippen LogP contribution is 2.28. The molecule has 0 spiro atoms. The quantitative estimate of drug-likeness (QED) is 0.889. The lowest BCUT2D eigenvalue weighted by Crippen LogP contribution is -2.15. The molecule has 2 aromatic carbocycles. The molecule has 104 valence electrons. The van der Waals surface area contributed by atoms with Crippen LogP contribution in [0.1, 0.15) is 5.56 Å². The van der Waals surface area contributed by atoms with Crippen molar-refractivity contribution < 1.29 is 9.53 Å². The molecule has 0 saturated heterocycles. The first kappa shape index (κ1) is 14.9. The highest BCUT2D eigenvalue weighted by Gasteiger charge is 2.09. The van der Waals surface area contributed by atoms with Crippen molar-refractivity contribution in [1.82, 2.24) is 0 Å². The Morgan fingerprint density at radius 3 is 2.80 bits per heavy atom. The van der Waals surface area contributed by atoms with Crippen LogP contribution >= 0.6 is 27.5 Å². The third-order valence-electron chi connectivity index (χ3n) is 2.69. The zero-order chi connectivity index (χ0) is 14.5. The van der Waals surface area contributed by atoms with Crippen LogP contribution in [-0.2, 0) is 11.2 Å². The second-order valence-electron chi connectivity index (χ2n) is 4.20. The SMILES string of the molecule is COc1ccc(Br)cc1NC(=O)Cc1cccc(Cl)c1. The molecular formula is C15H13BrClNO2. The first-order valence-electron chi connectivity index (χ1n) is 5.96. The average molecular weight is 355 g/mol. The number of methoxy groups -OCH3 is 1. The number of hydrogen-bond donors (Lipinski definition) is 1. The average Bonchev–Trinajstić information content (AvgIpc) is 2.38. The summed E-state index contributed by atoms with van der Waals surface area (Å²) in [6.45, 7) is 0. The smallest absolute Gasteiger partial charge is 0.228 e. The normalized spacial score (nSPS) is 10.2. The van der Waals surface area contributed by atoms with Gasteiger partial charge in [-0.15, -0.1) is 0 Å². The highest BCUT2D eigenvalue weighted by molar-refractivity contribution is 9.10. The Balaban J connectivity index is 2.10. The van der Waals surface area contributed by atoms with Gasteiger partial charge in [-0.3, -0.25) is 4.79 Å². The lowest BCUT2D eigenvalue weighted by Gasteiger charge is -2.10. The largest absolute Gasteiger partial charge is 0.495 e. The molecule has 20 heavy (non-hydrogen) atoms. The van der Waals surface area contributed by atoms with Crippen molar-refractivity contribution in [2.45, 2.75) is 6.42 Å². The van der Waals surface area contributed by atoms with Gasteiger partial charge in [0.25, 0.3) is 0 Å². The molecule has 0 bridgehead atoms. The van der Waals surface area contributed by atoms with Gasteiger partial charge >= 0.3 is 0 Å². The minimum Gasteiger partial charge on any atom is -0.495 e. The van der Waals surface area contributed by atoms with Crippen LogP contribution in [0.4, 0.5) is 5.69 Å². The van der Waals surface area contributed by atoms with E-state index in [9.17, 15) is 4.79 Å². The molecular weight excluding hydrogens is 342 g/mol. The molecule has 1 N–H and O–H groups in total. The fourth-order valence-corrected chi connectivity index (χ4v) is 2.38. The second-order valence-corrected chi connectivity index (χ2v) is 5.55. The minimum absolute atomic E-state index is 0.122. The maximum atomic E-state index is 12.0. The van der Waals surface area contributed by atoms with Crippen LogP contribution in [0.5, 0.6) is 5.75 Å². The fraction of sp³-hybridized carbons (Fsp3) is 0.133. The summed E-state index contributed by atoms with van der Waals surface area (Å²) in [6.07, 6.45) is 0.260. The van der Waals surface area contributed by atoms with Gasteiger partial charge in [-0.1, -0.05) is 39.7 Å². The number of carbonyl (C=O) groups excluding carboxylic acids is 1. The number of anilines is 1. The Kier molecular flexibility index (Phi) is 5.04. The second kappa shape index (κ2) is 6.77. The molecule has 0 unspecified atom stereocenters. The van der Waals surface area contributed by atoms with Crippen molar-refractivity contribution in [3.05, 3.63) is 57.5 Å². The lowest BCUT2D eigenvalue weighted by molar-refractivity contribution is -0.115. The van der Waals surface area contributed by atoms with E-state index in [0.29, 0.717) is 16.5 Å². The van der Waals surface area contributed by atoms with E-state index in [1.807, 2.05) is 18.2 Å². The zero-order valence-electron chi connectivity index (χ0n) is 10.8. The van der Waals surface area contributed by atoms with Crippen molar-refractivity contribution in [3.8, 4) is 5.75 Å². The molecule has 0 radical (unpaired) electrons. The molecule has 3 nitrogen and oxygen atoms in total. The van der Waals surface area contributed by atoms with E-state index in [1.165, 1.54) is 0 Å². The zero-order valence-corrected chi connectivity index (χ0v) is 13.2. The minimum atomic E-state index is -0.122. The van der Waals surface area contributed by atoms with Crippen LogP contribution in [-0.4, -0.2) is 13.0 Å². The van der Waals surface area contributed by atoms with E-state index in [2.05, 4.69) is 21.2 Å². The van der Waals surface area contributed by atoms with Gasteiger partial charge in [-0.2, -0.15) is 0 Å².